The number of hydrogen-bond donors (Lipinski definition) is 0. The van der Waals surface area contributed by atoms with Crippen molar-refractivity contribution in [2.75, 3.05) is 6.61 Å². The monoisotopic (exact) mass is 365 g/mol. The summed E-state index contributed by atoms with van der Waals surface area (Å²) in [6, 6.07) is 15.9. The molecule has 0 aliphatic heterocycles. The minimum atomic E-state index is -0.509. The fourth-order valence-electron chi connectivity index (χ4n) is 2.75. The highest BCUT2D eigenvalue weighted by atomic mass is 16.5. The van der Waals surface area contributed by atoms with Gasteiger partial charge in [0.25, 0.3) is 0 Å². The van der Waals surface area contributed by atoms with Gasteiger partial charge >= 0.3 is 5.97 Å². The predicted molar refractivity (Wildman–Crippen MR) is 103 cm³/mol. The second-order valence-corrected chi connectivity index (χ2v) is 6.48. The molecule has 140 valence electrons. The van der Waals surface area contributed by atoms with Gasteiger partial charge in [-0.3, -0.25) is 0 Å². The fraction of sp³-hybridized carbons (Fsp3) is 0.273. The number of carbonyl (C=O) groups excluding carboxylic acids is 1. The molecule has 0 fully saturated rings. The zero-order valence-electron chi connectivity index (χ0n) is 15.8. The molecule has 0 saturated heterocycles. The van der Waals surface area contributed by atoms with Gasteiger partial charge in [0.15, 0.2) is 5.69 Å². The molecule has 0 aliphatic rings. The van der Waals surface area contributed by atoms with Crippen molar-refractivity contribution in [3.05, 3.63) is 71.6 Å². The number of carbonyl (C=O) groups is 1. The van der Waals surface area contributed by atoms with Gasteiger partial charge in [0.2, 0.25) is 0 Å². The Hall–Kier alpha value is -3.08. The van der Waals surface area contributed by atoms with Gasteiger partial charge < -0.3 is 14.0 Å². The first-order valence-electron chi connectivity index (χ1n) is 9.02. The van der Waals surface area contributed by atoms with Crippen LogP contribution in [-0.2, 0) is 11.3 Å². The van der Waals surface area contributed by atoms with Crippen molar-refractivity contribution in [1.29, 1.82) is 0 Å². The number of benzene rings is 2. The third-order valence-electron chi connectivity index (χ3n) is 4.24. The summed E-state index contributed by atoms with van der Waals surface area (Å²) in [6.07, 6.45) is 1.46. The van der Waals surface area contributed by atoms with Crippen LogP contribution in [0.3, 0.4) is 0 Å². The van der Waals surface area contributed by atoms with Crippen molar-refractivity contribution in [1.82, 2.24) is 5.16 Å². The van der Waals surface area contributed by atoms with Gasteiger partial charge in [0.05, 0.1) is 12.2 Å². The van der Waals surface area contributed by atoms with Crippen LogP contribution in [0, 0.1) is 0 Å². The maximum Gasteiger partial charge on any atom is 0.361 e. The zero-order chi connectivity index (χ0) is 19.2. The Labute approximate surface area is 158 Å². The van der Waals surface area contributed by atoms with E-state index in [1.54, 1.807) is 6.92 Å². The Morgan fingerprint density at radius 2 is 1.89 bits per heavy atom. The topological polar surface area (TPSA) is 61.6 Å². The lowest BCUT2D eigenvalue weighted by Gasteiger charge is -2.14. The highest BCUT2D eigenvalue weighted by Gasteiger charge is 2.22. The Morgan fingerprint density at radius 3 is 2.59 bits per heavy atom. The van der Waals surface area contributed by atoms with Crippen molar-refractivity contribution in [2.24, 2.45) is 0 Å². The molecular formula is C22H23NO4. The highest BCUT2D eigenvalue weighted by molar-refractivity contribution is 5.95. The molecule has 0 spiro atoms. The molecule has 0 amide bonds. The lowest BCUT2D eigenvalue weighted by molar-refractivity contribution is 0.0515. The standard InChI is InChI=1S/C22H23NO4/c1-4-25-22(24)21-19(14-27-23-21)18-12-17(15(2)3)10-11-20(18)26-13-16-8-6-5-7-9-16/h5-12,14-15H,4,13H2,1-3H3. The molecule has 0 aliphatic carbocycles. The van der Waals surface area contributed by atoms with Crippen LogP contribution in [-0.4, -0.2) is 17.7 Å². The van der Waals surface area contributed by atoms with Crippen LogP contribution in [0.1, 0.15) is 48.3 Å². The molecule has 2 aromatic carbocycles. The van der Waals surface area contributed by atoms with Crippen LogP contribution in [0.4, 0.5) is 0 Å². The van der Waals surface area contributed by atoms with E-state index in [1.807, 2.05) is 48.5 Å². The quantitative estimate of drug-likeness (QED) is 0.537. The van der Waals surface area contributed by atoms with E-state index in [-0.39, 0.29) is 12.3 Å². The third-order valence-corrected chi connectivity index (χ3v) is 4.24. The van der Waals surface area contributed by atoms with E-state index >= 15 is 0 Å². The van der Waals surface area contributed by atoms with Crippen molar-refractivity contribution < 1.29 is 18.8 Å². The van der Waals surface area contributed by atoms with E-state index < -0.39 is 5.97 Å². The summed E-state index contributed by atoms with van der Waals surface area (Å²) in [7, 11) is 0. The summed E-state index contributed by atoms with van der Waals surface area (Å²) >= 11 is 0. The summed E-state index contributed by atoms with van der Waals surface area (Å²) in [5, 5.41) is 3.84. The van der Waals surface area contributed by atoms with Crippen LogP contribution < -0.4 is 4.74 Å². The molecule has 1 heterocycles. The lowest BCUT2D eigenvalue weighted by Crippen LogP contribution is -2.07. The number of rotatable bonds is 7. The Balaban J connectivity index is 1.98. The average molecular weight is 365 g/mol. The molecule has 0 radical (unpaired) electrons. The number of ether oxygens (including phenoxy) is 2. The van der Waals surface area contributed by atoms with E-state index in [0.717, 1.165) is 16.7 Å². The van der Waals surface area contributed by atoms with Crippen molar-refractivity contribution in [3.63, 3.8) is 0 Å². The first-order valence-corrected chi connectivity index (χ1v) is 9.02. The van der Waals surface area contributed by atoms with Gasteiger partial charge in [0, 0.05) is 5.56 Å². The van der Waals surface area contributed by atoms with Crippen molar-refractivity contribution in [3.8, 4) is 16.9 Å². The summed E-state index contributed by atoms with van der Waals surface area (Å²) in [4.78, 5) is 12.2. The molecule has 3 rings (SSSR count). The summed E-state index contributed by atoms with van der Waals surface area (Å²) < 4.78 is 16.2. The molecule has 0 saturated carbocycles. The molecule has 1 aromatic heterocycles. The molecule has 5 nitrogen and oxygen atoms in total. The summed E-state index contributed by atoms with van der Waals surface area (Å²) in [6.45, 7) is 6.68. The van der Waals surface area contributed by atoms with Crippen LogP contribution in [0.15, 0.2) is 59.3 Å². The van der Waals surface area contributed by atoms with E-state index in [4.69, 9.17) is 14.0 Å². The number of aromatic nitrogens is 1. The molecule has 3 aromatic rings. The van der Waals surface area contributed by atoms with Gasteiger partial charge in [-0.15, -0.1) is 0 Å². The molecule has 0 unspecified atom stereocenters. The van der Waals surface area contributed by atoms with Crippen molar-refractivity contribution >= 4 is 5.97 Å². The van der Waals surface area contributed by atoms with Gasteiger partial charge in [-0.05, 0) is 36.1 Å². The van der Waals surface area contributed by atoms with Gasteiger partial charge in [0.1, 0.15) is 18.6 Å². The minimum absolute atomic E-state index is 0.155. The predicted octanol–water partition coefficient (Wildman–Crippen LogP) is 5.22. The van der Waals surface area contributed by atoms with Gasteiger partial charge in [-0.25, -0.2) is 4.79 Å². The second-order valence-electron chi connectivity index (χ2n) is 6.48. The number of esters is 1. The molecule has 0 N–H and O–H groups in total. The Kier molecular flexibility index (Phi) is 5.91. The molecule has 27 heavy (non-hydrogen) atoms. The minimum Gasteiger partial charge on any atom is -0.488 e. The first kappa shape index (κ1) is 18.7. The summed E-state index contributed by atoms with van der Waals surface area (Å²) in [5.74, 6) is 0.486. The second kappa shape index (κ2) is 8.54. The Bertz CT molecular complexity index is 900. The zero-order valence-corrected chi connectivity index (χ0v) is 15.8. The normalized spacial score (nSPS) is 10.8. The van der Waals surface area contributed by atoms with Gasteiger partial charge in [-0.1, -0.05) is 55.4 Å². The summed E-state index contributed by atoms with van der Waals surface area (Å²) in [5.41, 5.74) is 3.68. The number of nitrogens with zero attached hydrogens (tertiary/aromatic N) is 1. The van der Waals surface area contributed by atoms with Crippen LogP contribution in [0.5, 0.6) is 5.75 Å². The lowest BCUT2D eigenvalue weighted by atomic mass is 9.96. The maximum atomic E-state index is 12.2. The molecule has 0 bridgehead atoms. The smallest absolute Gasteiger partial charge is 0.361 e. The van der Waals surface area contributed by atoms with Crippen molar-refractivity contribution in [2.45, 2.75) is 33.3 Å². The molecule has 0 atom stereocenters. The highest BCUT2D eigenvalue weighted by Crippen LogP contribution is 2.35. The third kappa shape index (κ3) is 4.37. The maximum absolute atomic E-state index is 12.2. The van der Waals surface area contributed by atoms with E-state index in [9.17, 15) is 4.79 Å². The number of hydrogen-bond acceptors (Lipinski definition) is 5. The van der Waals surface area contributed by atoms with E-state index in [0.29, 0.717) is 23.8 Å². The SMILES string of the molecule is CCOC(=O)c1nocc1-c1cc(C(C)C)ccc1OCc1ccccc1. The van der Waals surface area contributed by atoms with E-state index in [2.05, 4.69) is 19.0 Å². The average Bonchev–Trinajstić information content (AvgIpc) is 3.17. The first-order chi connectivity index (χ1) is 13.1. The van der Waals surface area contributed by atoms with Crippen LogP contribution in [0.2, 0.25) is 0 Å². The van der Waals surface area contributed by atoms with Crippen LogP contribution >= 0.6 is 0 Å². The molecular weight excluding hydrogens is 342 g/mol. The van der Waals surface area contributed by atoms with Crippen LogP contribution in [0.25, 0.3) is 11.1 Å². The van der Waals surface area contributed by atoms with E-state index in [1.165, 1.54) is 6.26 Å². The Morgan fingerprint density at radius 1 is 1.11 bits per heavy atom. The van der Waals surface area contributed by atoms with Gasteiger partial charge in [-0.2, -0.15) is 0 Å². The molecule has 5 heteroatoms. The fourth-order valence-corrected chi connectivity index (χ4v) is 2.75. The largest absolute Gasteiger partial charge is 0.488 e.